The molecule has 1 saturated carbocycles. The number of aromatic nitrogens is 2. The summed E-state index contributed by atoms with van der Waals surface area (Å²) in [5.41, 5.74) is 2.27. The van der Waals surface area contributed by atoms with Crippen LogP contribution in [0.3, 0.4) is 0 Å². The van der Waals surface area contributed by atoms with Crippen LogP contribution in [0.2, 0.25) is 5.02 Å². The Hall–Kier alpha value is -3.43. The number of halogens is 1. The summed E-state index contributed by atoms with van der Waals surface area (Å²) in [6.45, 7) is 0.418. The standard InChI is InChI=1S/C26H27ClN4O5/c1-29(2)25(34)15-8-9-19-23(30-11-10-17(26(35)36)20(32)13-30)28-24(31(19)12-15)22(33)21-16(14-6-7-14)4-3-5-18(21)27/h3-5,8-9,12,14,17,20,32H,6-7,10-11,13H2,1-2H3,(H,35,36)/t17-,20-/m1/s1. The van der Waals surface area contributed by atoms with E-state index < -0.39 is 18.0 Å². The third kappa shape index (κ3) is 4.22. The van der Waals surface area contributed by atoms with E-state index in [2.05, 4.69) is 0 Å². The third-order valence-electron chi connectivity index (χ3n) is 6.96. The molecular formula is C26H27ClN4O5. The van der Waals surface area contributed by atoms with Gasteiger partial charge in [0.15, 0.2) is 11.6 Å². The number of anilines is 1. The number of carbonyl (C=O) groups excluding carboxylic acids is 2. The fourth-order valence-electron chi connectivity index (χ4n) is 4.89. The average Bonchev–Trinajstić information content (AvgIpc) is 3.62. The van der Waals surface area contributed by atoms with Gasteiger partial charge in [0.05, 0.1) is 28.1 Å². The van der Waals surface area contributed by atoms with Gasteiger partial charge in [0, 0.05) is 38.9 Å². The number of aliphatic carboxylic acids is 1. The number of carbonyl (C=O) groups is 3. The van der Waals surface area contributed by atoms with Crippen molar-refractivity contribution in [3.63, 3.8) is 0 Å². The molecule has 0 bridgehead atoms. The van der Waals surface area contributed by atoms with E-state index in [0.29, 0.717) is 34.0 Å². The van der Waals surface area contributed by atoms with Gasteiger partial charge in [-0.05, 0) is 48.9 Å². The smallest absolute Gasteiger partial charge is 0.309 e. The molecule has 2 fully saturated rings. The zero-order chi connectivity index (χ0) is 25.7. The molecule has 1 amide bonds. The number of nitrogens with zero attached hydrogens (tertiary/aromatic N) is 4. The second kappa shape index (κ2) is 9.22. The van der Waals surface area contributed by atoms with E-state index in [1.165, 1.54) is 4.90 Å². The van der Waals surface area contributed by atoms with Gasteiger partial charge in [-0.2, -0.15) is 0 Å². The van der Waals surface area contributed by atoms with Gasteiger partial charge in [-0.25, -0.2) is 4.98 Å². The first-order valence-electron chi connectivity index (χ1n) is 11.9. The van der Waals surface area contributed by atoms with Crippen molar-refractivity contribution in [3.05, 3.63) is 64.1 Å². The van der Waals surface area contributed by atoms with Gasteiger partial charge in [0.25, 0.3) is 5.91 Å². The van der Waals surface area contributed by atoms with Crippen LogP contribution in [0.1, 0.15) is 57.3 Å². The molecule has 2 N–H and O–H groups in total. The Bertz CT molecular complexity index is 1380. The zero-order valence-corrected chi connectivity index (χ0v) is 20.8. The summed E-state index contributed by atoms with van der Waals surface area (Å²) in [7, 11) is 3.30. The summed E-state index contributed by atoms with van der Waals surface area (Å²) < 4.78 is 1.60. The maximum Gasteiger partial charge on any atom is 0.309 e. The van der Waals surface area contributed by atoms with Gasteiger partial charge in [-0.1, -0.05) is 23.7 Å². The minimum atomic E-state index is -1.08. The van der Waals surface area contributed by atoms with Gasteiger partial charge < -0.3 is 20.0 Å². The SMILES string of the molecule is CN(C)C(=O)c1ccc2c(N3CC[C@@H](C(=O)O)[C@H](O)C3)nc(C(=O)c3c(Cl)cccc3C3CC3)n2c1. The van der Waals surface area contributed by atoms with Crippen molar-refractivity contribution in [2.24, 2.45) is 5.92 Å². The molecule has 3 heterocycles. The highest BCUT2D eigenvalue weighted by Gasteiger charge is 2.36. The van der Waals surface area contributed by atoms with Crippen molar-refractivity contribution >= 4 is 40.6 Å². The lowest BCUT2D eigenvalue weighted by atomic mass is 9.94. The number of ketones is 1. The molecular weight excluding hydrogens is 484 g/mol. The highest BCUT2D eigenvalue weighted by molar-refractivity contribution is 6.35. The highest BCUT2D eigenvalue weighted by atomic mass is 35.5. The number of piperidine rings is 1. The molecule has 1 saturated heterocycles. The number of hydrogen-bond acceptors (Lipinski definition) is 6. The van der Waals surface area contributed by atoms with Crippen molar-refractivity contribution in [1.29, 1.82) is 0 Å². The van der Waals surface area contributed by atoms with E-state index in [-0.39, 0.29) is 36.4 Å². The van der Waals surface area contributed by atoms with Crippen LogP contribution in [-0.2, 0) is 4.79 Å². The molecule has 2 aliphatic rings. The summed E-state index contributed by atoms with van der Waals surface area (Å²) >= 11 is 6.52. The van der Waals surface area contributed by atoms with Crippen LogP contribution < -0.4 is 4.90 Å². The van der Waals surface area contributed by atoms with Crippen LogP contribution in [0.15, 0.2) is 36.5 Å². The number of benzene rings is 1. The molecule has 36 heavy (non-hydrogen) atoms. The molecule has 2 aromatic heterocycles. The van der Waals surface area contributed by atoms with Crippen LogP contribution in [0.4, 0.5) is 5.82 Å². The number of β-amino-alcohol motifs (C(OH)–C–C–N with tert-alkyl or cyclic N) is 1. The first kappa shape index (κ1) is 24.3. The third-order valence-corrected chi connectivity index (χ3v) is 7.28. The quantitative estimate of drug-likeness (QED) is 0.490. The predicted octanol–water partition coefficient (Wildman–Crippen LogP) is 3.07. The number of rotatable bonds is 6. The Morgan fingerprint density at radius 2 is 1.86 bits per heavy atom. The van der Waals surface area contributed by atoms with E-state index in [4.69, 9.17) is 16.6 Å². The van der Waals surface area contributed by atoms with Gasteiger partial charge >= 0.3 is 5.97 Å². The van der Waals surface area contributed by atoms with Crippen molar-refractivity contribution in [1.82, 2.24) is 14.3 Å². The molecule has 0 spiro atoms. The molecule has 3 aromatic rings. The number of hydrogen-bond donors (Lipinski definition) is 2. The average molecular weight is 511 g/mol. The zero-order valence-electron chi connectivity index (χ0n) is 20.0. The lowest BCUT2D eigenvalue weighted by Gasteiger charge is -2.34. The van der Waals surface area contributed by atoms with E-state index in [0.717, 1.165) is 18.4 Å². The normalized spacial score (nSPS) is 19.9. The summed E-state index contributed by atoms with van der Waals surface area (Å²) in [6.07, 6.45) is 2.74. The molecule has 1 aliphatic heterocycles. The lowest BCUT2D eigenvalue weighted by Crippen LogP contribution is -2.46. The van der Waals surface area contributed by atoms with Crippen molar-refractivity contribution in [2.75, 3.05) is 32.1 Å². The van der Waals surface area contributed by atoms with Crippen molar-refractivity contribution in [3.8, 4) is 0 Å². The Balaban J connectivity index is 1.64. The molecule has 1 aliphatic carbocycles. The number of carboxylic acid groups (broad SMARTS) is 1. The molecule has 0 radical (unpaired) electrons. The van der Waals surface area contributed by atoms with Gasteiger partial charge in [0.1, 0.15) is 0 Å². The van der Waals surface area contributed by atoms with Crippen LogP contribution in [0.5, 0.6) is 0 Å². The van der Waals surface area contributed by atoms with Gasteiger partial charge in [-0.15, -0.1) is 0 Å². The second-order valence-electron chi connectivity index (χ2n) is 9.69. The van der Waals surface area contributed by atoms with Crippen molar-refractivity contribution < 1.29 is 24.6 Å². The van der Waals surface area contributed by atoms with Gasteiger partial charge in [0.2, 0.25) is 5.78 Å². The summed E-state index contributed by atoms with van der Waals surface area (Å²) in [6, 6.07) is 8.83. The minimum Gasteiger partial charge on any atom is -0.481 e. The number of aliphatic hydroxyl groups excluding tert-OH is 1. The van der Waals surface area contributed by atoms with Crippen molar-refractivity contribution in [2.45, 2.75) is 31.3 Å². The lowest BCUT2D eigenvalue weighted by molar-refractivity contribution is -0.146. The van der Waals surface area contributed by atoms with Crippen LogP contribution in [0, 0.1) is 5.92 Å². The summed E-state index contributed by atoms with van der Waals surface area (Å²) in [5, 5.41) is 20.2. The minimum absolute atomic E-state index is 0.0646. The van der Waals surface area contributed by atoms with Crippen LogP contribution >= 0.6 is 11.6 Å². The van der Waals surface area contributed by atoms with Gasteiger partial charge in [-0.3, -0.25) is 18.8 Å². The fraction of sp³-hybridized carbons (Fsp3) is 0.385. The predicted molar refractivity (Wildman–Crippen MR) is 134 cm³/mol. The van der Waals surface area contributed by atoms with Crippen LogP contribution in [0.25, 0.3) is 5.52 Å². The highest BCUT2D eigenvalue weighted by Crippen LogP contribution is 2.43. The Morgan fingerprint density at radius 1 is 1.11 bits per heavy atom. The second-order valence-corrected chi connectivity index (χ2v) is 10.1. The Morgan fingerprint density at radius 3 is 2.50 bits per heavy atom. The Labute approximate surface area is 212 Å². The first-order chi connectivity index (χ1) is 17.2. The number of pyridine rings is 1. The number of aliphatic hydroxyl groups is 1. The molecule has 5 rings (SSSR count). The maximum atomic E-state index is 13.9. The number of imidazole rings is 1. The molecule has 0 unspecified atom stereocenters. The van der Waals surface area contributed by atoms with Crippen LogP contribution in [-0.4, -0.2) is 75.4 Å². The first-order valence-corrected chi connectivity index (χ1v) is 12.3. The van der Waals surface area contributed by atoms with E-state index in [1.54, 1.807) is 47.8 Å². The molecule has 1 aromatic carbocycles. The monoisotopic (exact) mass is 510 g/mol. The van der Waals surface area contributed by atoms with E-state index in [9.17, 15) is 24.6 Å². The number of fused-ring (bicyclic) bond motifs is 1. The number of carboxylic acids is 1. The molecule has 10 heteroatoms. The largest absolute Gasteiger partial charge is 0.481 e. The van der Waals surface area contributed by atoms with E-state index in [1.807, 2.05) is 12.1 Å². The van der Waals surface area contributed by atoms with E-state index >= 15 is 0 Å². The summed E-state index contributed by atoms with van der Waals surface area (Å²) in [4.78, 5) is 46.0. The summed E-state index contributed by atoms with van der Waals surface area (Å²) in [5.74, 6) is -1.62. The molecule has 9 nitrogen and oxygen atoms in total. The molecule has 2 atom stereocenters. The topological polar surface area (TPSA) is 115 Å². The number of amides is 1. The fourth-order valence-corrected chi connectivity index (χ4v) is 5.15. The maximum absolute atomic E-state index is 13.9. The molecule has 188 valence electrons. The Kier molecular flexibility index (Phi) is 6.22.